The number of aromatic amines is 1. The number of hydrogen-bond acceptors (Lipinski definition) is 2. The fraction of sp³-hybridized carbons (Fsp3) is 0.400. The van der Waals surface area contributed by atoms with E-state index in [4.69, 9.17) is 0 Å². The van der Waals surface area contributed by atoms with Crippen molar-refractivity contribution >= 4 is 0 Å². The fourth-order valence-electron chi connectivity index (χ4n) is 1.56. The average molecular weight is 206 g/mol. The smallest absolute Gasteiger partial charge is 0.272 e. The Morgan fingerprint density at radius 3 is 2.87 bits per heavy atom. The third kappa shape index (κ3) is 1.86. The van der Waals surface area contributed by atoms with Gasteiger partial charge in [-0.3, -0.25) is 19.3 Å². The van der Waals surface area contributed by atoms with E-state index in [2.05, 4.69) is 17.1 Å². The molecule has 0 amide bonds. The standard InChI is InChI=1S/C10H14N4O/c1-3-4-14-6-8(5-11-14)9-7-13(2)12-10(9)15/h5-7H,3-4H2,1-2H3,(H,12,15). The van der Waals surface area contributed by atoms with E-state index in [1.807, 2.05) is 10.9 Å². The van der Waals surface area contributed by atoms with Gasteiger partial charge in [0.2, 0.25) is 0 Å². The number of nitrogens with one attached hydrogen (secondary N) is 1. The van der Waals surface area contributed by atoms with Crippen molar-refractivity contribution < 1.29 is 0 Å². The molecule has 0 aliphatic carbocycles. The molecule has 15 heavy (non-hydrogen) atoms. The number of rotatable bonds is 3. The molecule has 0 radical (unpaired) electrons. The highest BCUT2D eigenvalue weighted by atomic mass is 16.1. The Kier molecular flexibility index (Phi) is 2.45. The molecule has 2 rings (SSSR count). The molecule has 0 spiro atoms. The molecule has 5 heteroatoms. The molecular formula is C10H14N4O. The van der Waals surface area contributed by atoms with E-state index in [9.17, 15) is 4.79 Å². The van der Waals surface area contributed by atoms with Crippen LogP contribution in [0.1, 0.15) is 13.3 Å². The molecule has 80 valence electrons. The lowest BCUT2D eigenvalue weighted by Gasteiger charge is -1.94. The molecule has 0 fully saturated rings. The minimum Gasteiger partial charge on any atom is -0.295 e. The van der Waals surface area contributed by atoms with E-state index < -0.39 is 0 Å². The molecule has 1 N–H and O–H groups in total. The van der Waals surface area contributed by atoms with Crippen LogP contribution in [0.15, 0.2) is 23.4 Å². The maximum Gasteiger partial charge on any atom is 0.272 e. The van der Waals surface area contributed by atoms with Crippen molar-refractivity contribution in [2.24, 2.45) is 7.05 Å². The van der Waals surface area contributed by atoms with Crippen LogP contribution in [0.2, 0.25) is 0 Å². The summed E-state index contributed by atoms with van der Waals surface area (Å²) < 4.78 is 3.50. The van der Waals surface area contributed by atoms with Crippen LogP contribution in [0.5, 0.6) is 0 Å². The van der Waals surface area contributed by atoms with E-state index >= 15 is 0 Å². The van der Waals surface area contributed by atoms with Gasteiger partial charge in [0, 0.05) is 31.5 Å². The van der Waals surface area contributed by atoms with Gasteiger partial charge in [-0.05, 0) is 6.42 Å². The van der Waals surface area contributed by atoms with E-state index in [1.165, 1.54) is 0 Å². The molecule has 5 nitrogen and oxygen atoms in total. The molecule has 0 unspecified atom stereocenters. The minimum absolute atomic E-state index is 0.0754. The number of nitrogens with zero attached hydrogens (tertiary/aromatic N) is 3. The van der Waals surface area contributed by atoms with Crippen LogP contribution in [-0.2, 0) is 13.6 Å². The Bertz CT molecular complexity index is 505. The van der Waals surface area contributed by atoms with Crippen LogP contribution in [0, 0.1) is 0 Å². The lowest BCUT2D eigenvalue weighted by molar-refractivity contribution is 0.603. The van der Waals surface area contributed by atoms with Gasteiger partial charge < -0.3 is 0 Å². The predicted octanol–water partition coefficient (Wildman–Crippen LogP) is 0.987. The zero-order valence-electron chi connectivity index (χ0n) is 8.90. The van der Waals surface area contributed by atoms with Gasteiger partial charge in [-0.1, -0.05) is 6.92 Å². The molecule has 0 aliphatic rings. The van der Waals surface area contributed by atoms with Crippen molar-refractivity contribution in [3.8, 4) is 11.1 Å². The summed E-state index contributed by atoms with van der Waals surface area (Å²) in [7, 11) is 1.79. The van der Waals surface area contributed by atoms with Gasteiger partial charge in [-0.15, -0.1) is 0 Å². The molecule has 0 atom stereocenters. The van der Waals surface area contributed by atoms with E-state index in [0.29, 0.717) is 5.56 Å². The number of aryl methyl sites for hydroxylation is 2. The molecule has 2 aromatic rings. The first-order valence-corrected chi connectivity index (χ1v) is 4.99. The van der Waals surface area contributed by atoms with Crippen molar-refractivity contribution in [3.05, 3.63) is 28.9 Å². The summed E-state index contributed by atoms with van der Waals surface area (Å²) in [5, 5.41) is 6.86. The molecule has 2 aromatic heterocycles. The fourth-order valence-corrected chi connectivity index (χ4v) is 1.56. The summed E-state index contributed by atoms with van der Waals surface area (Å²) in [5.41, 5.74) is 1.46. The summed E-state index contributed by atoms with van der Waals surface area (Å²) in [6.07, 6.45) is 6.43. The van der Waals surface area contributed by atoms with Crippen LogP contribution < -0.4 is 5.56 Å². The normalized spacial score (nSPS) is 10.8. The lowest BCUT2D eigenvalue weighted by Crippen LogP contribution is -2.03. The van der Waals surface area contributed by atoms with Crippen LogP contribution >= 0.6 is 0 Å². The minimum atomic E-state index is -0.0754. The number of aromatic nitrogens is 4. The average Bonchev–Trinajstić information content (AvgIpc) is 2.73. The van der Waals surface area contributed by atoms with Crippen molar-refractivity contribution in [1.82, 2.24) is 19.6 Å². The first-order valence-electron chi connectivity index (χ1n) is 4.99. The van der Waals surface area contributed by atoms with Gasteiger partial charge in [-0.2, -0.15) is 5.10 Å². The second-order valence-corrected chi connectivity index (χ2v) is 3.59. The molecule has 2 heterocycles. The van der Waals surface area contributed by atoms with Crippen molar-refractivity contribution in [3.63, 3.8) is 0 Å². The van der Waals surface area contributed by atoms with Gasteiger partial charge in [-0.25, -0.2) is 0 Å². The SMILES string of the molecule is CCCn1cc(-c2cn(C)[nH]c2=O)cn1. The molecule has 0 saturated carbocycles. The Labute approximate surface area is 87.3 Å². The first kappa shape index (κ1) is 9.76. The summed E-state index contributed by atoms with van der Waals surface area (Å²) >= 11 is 0. The summed E-state index contributed by atoms with van der Waals surface area (Å²) in [6, 6.07) is 0. The van der Waals surface area contributed by atoms with Gasteiger partial charge >= 0.3 is 0 Å². The summed E-state index contributed by atoms with van der Waals surface area (Å²) in [6.45, 7) is 2.97. The third-order valence-electron chi connectivity index (χ3n) is 2.24. The second-order valence-electron chi connectivity index (χ2n) is 3.59. The topological polar surface area (TPSA) is 55.6 Å². The van der Waals surface area contributed by atoms with E-state index in [0.717, 1.165) is 18.5 Å². The lowest BCUT2D eigenvalue weighted by atomic mass is 10.2. The highest BCUT2D eigenvalue weighted by Gasteiger charge is 2.07. The Morgan fingerprint density at radius 2 is 2.27 bits per heavy atom. The van der Waals surface area contributed by atoms with Crippen LogP contribution in [0.25, 0.3) is 11.1 Å². The van der Waals surface area contributed by atoms with Gasteiger partial charge in [0.25, 0.3) is 5.56 Å². The van der Waals surface area contributed by atoms with Gasteiger partial charge in [0.15, 0.2) is 0 Å². The monoisotopic (exact) mass is 206 g/mol. The van der Waals surface area contributed by atoms with E-state index in [-0.39, 0.29) is 5.56 Å². The summed E-state index contributed by atoms with van der Waals surface area (Å²) in [4.78, 5) is 11.5. The van der Waals surface area contributed by atoms with Crippen LogP contribution in [0.4, 0.5) is 0 Å². The molecular weight excluding hydrogens is 192 g/mol. The molecule has 0 aliphatic heterocycles. The zero-order chi connectivity index (χ0) is 10.8. The number of H-pyrrole nitrogens is 1. The van der Waals surface area contributed by atoms with E-state index in [1.54, 1.807) is 24.1 Å². The summed E-state index contributed by atoms with van der Waals surface area (Å²) in [5.74, 6) is 0. The van der Waals surface area contributed by atoms with Crippen molar-refractivity contribution in [1.29, 1.82) is 0 Å². The number of hydrogen-bond donors (Lipinski definition) is 1. The molecule has 0 bridgehead atoms. The Hall–Kier alpha value is -1.78. The second kappa shape index (κ2) is 3.76. The highest BCUT2D eigenvalue weighted by molar-refractivity contribution is 5.59. The maximum atomic E-state index is 11.5. The molecule has 0 saturated heterocycles. The highest BCUT2D eigenvalue weighted by Crippen LogP contribution is 2.13. The predicted molar refractivity (Wildman–Crippen MR) is 57.5 cm³/mol. The van der Waals surface area contributed by atoms with Crippen molar-refractivity contribution in [2.45, 2.75) is 19.9 Å². The quantitative estimate of drug-likeness (QED) is 0.814. The maximum absolute atomic E-state index is 11.5. The Morgan fingerprint density at radius 1 is 1.47 bits per heavy atom. The largest absolute Gasteiger partial charge is 0.295 e. The van der Waals surface area contributed by atoms with Crippen LogP contribution in [-0.4, -0.2) is 19.6 Å². The van der Waals surface area contributed by atoms with Crippen molar-refractivity contribution in [2.75, 3.05) is 0 Å². The first-order chi connectivity index (χ1) is 7.20. The molecule has 0 aromatic carbocycles. The van der Waals surface area contributed by atoms with Gasteiger partial charge in [0.1, 0.15) is 0 Å². The van der Waals surface area contributed by atoms with Crippen LogP contribution in [0.3, 0.4) is 0 Å². The Balaban J connectivity index is 2.37. The zero-order valence-corrected chi connectivity index (χ0v) is 8.90. The van der Waals surface area contributed by atoms with Gasteiger partial charge in [0.05, 0.1) is 11.8 Å². The third-order valence-corrected chi connectivity index (χ3v) is 2.24.